The Kier molecular flexibility index (Phi) is 3.17. The van der Waals surface area contributed by atoms with Gasteiger partial charge in [-0.25, -0.2) is 9.78 Å². The normalized spacial score (nSPS) is 24.9. The van der Waals surface area contributed by atoms with Gasteiger partial charge in [0, 0.05) is 0 Å². The fraction of sp³-hybridized carbons (Fsp3) is 0.500. The summed E-state index contributed by atoms with van der Waals surface area (Å²) in [6.45, 7) is 3.29. The fourth-order valence-corrected chi connectivity index (χ4v) is 1.76. The molecule has 2 heteroatoms. The van der Waals surface area contributed by atoms with Crippen LogP contribution in [0.5, 0.6) is 0 Å². The van der Waals surface area contributed by atoms with Gasteiger partial charge >= 0.3 is 0 Å². The highest BCUT2D eigenvalue weighted by Crippen LogP contribution is 2.47. The lowest BCUT2D eigenvalue weighted by Crippen LogP contribution is -1.99. The van der Waals surface area contributed by atoms with Crippen LogP contribution in [0.25, 0.3) is 0 Å². The van der Waals surface area contributed by atoms with E-state index >= 15 is 0 Å². The summed E-state index contributed by atoms with van der Waals surface area (Å²) in [6.07, 6.45) is 1.23. The number of hydrogen-bond donors (Lipinski definition) is 0. The molecule has 2 atom stereocenters. The molecule has 2 nitrogen and oxygen atoms in total. The highest BCUT2D eigenvalue weighted by atomic mass is 17.2. The molecular weight excluding hydrogens is 176 g/mol. The highest BCUT2D eigenvalue weighted by Gasteiger charge is 2.38. The summed E-state index contributed by atoms with van der Waals surface area (Å²) in [6, 6.07) is 10.6. The summed E-state index contributed by atoms with van der Waals surface area (Å²) < 4.78 is 0. The van der Waals surface area contributed by atoms with Crippen LogP contribution in [0, 0.1) is 5.92 Å². The van der Waals surface area contributed by atoms with Gasteiger partial charge in [-0.2, -0.15) is 0 Å². The predicted molar refractivity (Wildman–Crippen MR) is 54.9 cm³/mol. The van der Waals surface area contributed by atoms with Crippen LogP contribution in [0.3, 0.4) is 0 Å². The highest BCUT2D eigenvalue weighted by molar-refractivity contribution is 5.25. The molecule has 76 valence electrons. The Morgan fingerprint density at radius 2 is 2.00 bits per heavy atom. The lowest BCUT2D eigenvalue weighted by molar-refractivity contribution is -0.293. The van der Waals surface area contributed by atoms with E-state index in [4.69, 9.17) is 9.78 Å². The lowest BCUT2D eigenvalue weighted by Gasteiger charge is -2.01. The molecule has 0 N–H and O–H groups in total. The summed E-state index contributed by atoms with van der Waals surface area (Å²) in [5.74, 6) is 1.35. The standard InChI is InChI=1S/C12H16O2/c1-2-13-14-9-11-8-12(11)10-6-4-3-5-7-10/h3-7,11-12H,2,8-9H2,1H3/t11-,12-/m1/s1. The quantitative estimate of drug-likeness (QED) is 0.406. The maximum atomic E-state index is 5.06. The van der Waals surface area contributed by atoms with Gasteiger partial charge in [-0.05, 0) is 30.7 Å². The topological polar surface area (TPSA) is 18.5 Å². The van der Waals surface area contributed by atoms with E-state index in [1.54, 1.807) is 0 Å². The zero-order valence-electron chi connectivity index (χ0n) is 8.48. The molecule has 2 rings (SSSR count). The summed E-state index contributed by atoms with van der Waals surface area (Å²) in [5, 5.41) is 0. The molecule has 0 heterocycles. The fourth-order valence-electron chi connectivity index (χ4n) is 1.76. The van der Waals surface area contributed by atoms with E-state index in [-0.39, 0.29) is 0 Å². The van der Waals surface area contributed by atoms with Crippen molar-refractivity contribution in [1.29, 1.82) is 0 Å². The van der Waals surface area contributed by atoms with Crippen LogP contribution < -0.4 is 0 Å². The van der Waals surface area contributed by atoms with Gasteiger partial charge in [-0.15, -0.1) is 0 Å². The Hall–Kier alpha value is -0.860. The second-order valence-electron chi connectivity index (χ2n) is 3.70. The van der Waals surface area contributed by atoms with Crippen molar-refractivity contribution >= 4 is 0 Å². The second kappa shape index (κ2) is 4.58. The molecule has 1 aromatic carbocycles. The van der Waals surface area contributed by atoms with Gasteiger partial charge in [0.1, 0.15) is 0 Å². The molecule has 0 unspecified atom stereocenters. The first-order chi connectivity index (χ1) is 6.92. The van der Waals surface area contributed by atoms with Crippen LogP contribution in [0.4, 0.5) is 0 Å². The van der Waals surface area contributed by atoms with E-state index < -0.39 is 0 Å². The van der Waals surface area contributed by atoms with Crippen molar-refractivity contribution in [2.24, 2.45) is 5.92 Å². The Morgan fingerprint density at radius 3 is 2.71 bits per heavy atom. The maximum Gasteiger partial charge on any atom is 0.0856 e. The van der Waals surface area contributed by atoms with E-state index in [9.17, 15) is 0 Å². The Morgan fingerprint density at radius 1 is 1.21 bits per heavy atom. The molecule has 1 aromatic rings. The molecule has 1 fully saturated rings. The van der Waals surface area contributed by atoms with E-state index in [1.807, 2.05) is 6.92 Å². The molecule has 0 aliphatic heterocycles. The molecule has 0 bridgehead atoms. The molecule has 0 spiro atoms. The molecule has 0 amide bonds. The van der Waals surface area contributed by atoms with E-state index in [0.29, 0.717) is 18.4 Å². The summed E-state index contributed by atoms with van der Waals surface area (Å²) >= 11 is 0. The minimum absolute atomic E-state index is 0.628. The SMILES string of the molecule is CCOOC[C@H]1C[C@@H]1c1ccccc1. The van der Waals surface area contributed by atoms with Gasteiger partial charge in [-0.3, -0.25) is 0 Å². The summed E-state index contributed by atoms with van der Waals surface area (Å²) in [5.41, 5.74) is 1.43. The van der Waals surface area contributed by atoms with Gasteiger partial charge in [0.25, 0.3) is 0 Å². The first kappa shape index (κ1) is 9.69. The van der Waals surface area contributed by atoms with Gasteiger partial charge in [0.05, 0.1) is 13.2 Å². The molecule has 14 heavy (non-hydrogen) atoms. The van der Waals surface area contributed by atoms with Gasteiger partial charge in [0.2, 0.25) is 0 Å². The Bertz CT molecular complexity index is 271. The third-order valence-corrected chi connectivity index (χ3v) is 2.63. The predicted octanol–water partition coefficient (Wildman–Crippen LogP) is 2.76. The maximum absolute atomic E-state index is 5.06. The summed E-state index contributed by atoms with van der Waals surface area (Å²) in [7, 11) is 0. The third kappa shape index (κ3) is 2.34. The molecule has 1 aliphatic rings. The average molecular weight is 192 g/mol. The lowest BCUT2D eigenvalue weighted by atomic mass is 10.1. The van der Waals surface area contributed by atoms with E-state index in [0.717, 1.165) is 6.61 Å². The van der Waals surface area contributed by atoms with E-state index in [1.165, 1.54) is 12.0 Å². The molecule has 1 aliphatic carbocycles. The third-order valence-electron chi connectivity index (χ3n) is 2.63. The van der Waals surface area contributed by atoms with Crippen molar-refractivity contribution in [3.63, 3.8) is 0 Å². The van der Waals surface area contributed by atoms with Crippen LogP contribution >= 0.6 is 0 Å². The van der Waals surface area contributed by atoms with Gasteiger partial charge in [0.15, 0.2) is 0 Å². The number of hydrogen-bond acceptors (Lipinski definition) is 2. The molecular formula is C12H16O2. The minimum Gasteiger partial charge on any atom is -0.237 e. The van der Waals surface area contributed by atoms with Crippen LogP contribution in [0.1, 0.15) is 24.8 Å². The first-order valence-corrected chi connectivity index (χ1v) is 5.21. The zero-order valence-corrected chi connectivity index (χ0v) is 8.48. The number of rotatable bonds is 5. The van der Waals surface area contributed by atoms with Crippen LogP contribution in [0.2, 0.25) is 0 Å². The van der Waals surface area contributed by atoms with Gasteiger partial charge < -0.3 is 0 Å². The van der Waals surface area contributed by atoms with Crippen LogP contribution in [-0.4, -0.2) is 13.2 Å². The van der Waals surface area contributed by atoms with Crippen molar-refractivity contribution in [2.75, 3.05) is 13.2 Å². The largest absolute Gasteiger partial charge is 0.237 e. The average Bonchev–Trinajstić information content (AvgIpc) is 2.99. The van der Waals surface area contributed by atoms with Crippen molar-refractivity contribution in [3.05, 3.63) is 35.9 Å². The first-order valence-electron chi connectivity index (χ1n) is 5.21. The van der Waals surface area contributed by atoms with Gasteiger partial charge in [-0.1, -0.05) is 30.3 Å². The van der Waals surface area contributed by atoms with Crippen LogP contribution in [0.15, 0.2) is 30.3 Å². The van der Waals surface area contributed by atoms with Crippen molar-refractivity contribution in [2.45, 2.75) is 19.3 Å². The van der Waals surface area contributed by atoms with E-state index in [2.05, 4.69) is 30.3 Å². The number of benzene rings is 1. The van der Waals surface area contributed by atoms with Crippen molar-refractivity contribution in [3.8, 4) is 0 Å². The van der Waals surface area contributed by atoms with Crippen molar-refractivity contribution in [1.82, 2.24) is 0 Å². The van der Waals surface area contributed by atoms with Crippen LogP contribution in [-0.2, 0) is 9.78 Å². The molecule has 0 saturated heterocycles. The Labute approximate surface area is 84.8 Å². The second-order valence-corrected chi connectivity index (χ2v) is 3.70. The molecule has 0 radical (unpaired) electrons. The smallest absolute Gasteiger partial charge is 0.0856 e. The minimum atomic E-state index is 0.628. The van der Waals surface area contributed by atoms with Crippen molar-refractivity contribution < 1.29 is 9.78 Å². The zero-order chi connectivity index (χ0) is 9.80. The Balaban J connectivity index is 1.76. The monoisotopic (exact) mass is 192 g/mol. The molecule has 0 aromatic heterocycles. The molecule has 1 saturated carbocycles. The summed E-state index contributed by atoms with van der Waals surface area (Å²) in [4.78, 5) is 9.93.